The first-order valence-electron chi connectivity index (χ1n) is 3.06. The van der Waals surface area contributed by atoms with Gasteiger partial charge in [-0.3, -0.25) is 4.90 Å². The average Bonchev–Trinajstić information content (AvgIpc) is 2.12. The molecule has 1 atom stereocenters. The van der Waals surface area contributed by atoms with Gasteiger partial charge in [-0.05, 0) is 19.8 Å². The van der Waals surface area contributed by atoms with Crippen molar-refractivity contribution in [1.29, 1.82) is 0 Å². The Kier molecular flexibility index (Phi) is 1.86. The molecule has 1 aliphatic rings. The van der Waals surface area contributed by atoms with Gasteiger partial charge >= 0.3 is 0 Å². The van der Waals surface area contributed by atoms with Crippen molar-refractivity contribution in [2.75, 3.05) is 13.1 Å². The summed E-state index contributed by atoms with van der Waals surface area (Å²) in [5, 5.41) is 8.87. The van der Waals surface area contributed by atoms with Gasteiger partial charge in [0.05, 0.1) is 0 Å². The topological polar surface area (TPSA) is 23.5 Å². The molecule has 0 aliphatic carbocycles. The quantitative estimate of drug-likeness (QED) is 0.527. The molecule has 1 unspecified atom stereocenters. The largest absolute Gasteiger partial charge is 0.378 e. The van der Waals surface area contributed by atoms with Crippen LogP contribution >= 0.6 is 0 Å². The number of hydrogen-bond donors (Lipinski definition) is 1. The predicted molar refractivity (Wildman–Crippen MR) is 32.2 cm³/mol. The Labute approximate surface area is 50.1 Å². The van der Waals surface area contributed by atoms with Gasteiger partial charge in [-0.1, -0.05) is 0 Å². The number of aliphatic hydroxyl groups excluding tert-OH is 1. The zero-order valence-corrected chi connectivity index (χ0v) is 5.01. The molecule has 0 saturated carbocycles. The lowest BCUT2D eigenvalue weighted by molar-refractivity contribution is 0.0589. The normalized spacial score (nSPS) is 26.2. The lowest BCUT2D eigenvalue weighted by Crippen LogP contribution is -2.29. The Morgan fingerprint density at radius 2 is 1.88 bits per heavy atom. The van der Waals surface area contributed by atoms with Gasteiger partial charge in [0.15, 0.2) is 0 Å². The van der Waals surface area contributed by atoms with Crippen LogP contribution in [0.4, 0.5) is 0 Å². The Morgan fingerprint density at radius 3 is 2.12 bits per heavy atom. The molecular weight excluding hydrogens is 102 g/mol. The molecule has 0 aromatic carbocycles. The van der Waals surface area contributed by atoms with E-state index in [1.54, 1.807) is 0 Å². The first kappa shape index (κ1) is 6.05. The lowest BCUT2D eigenvalue weighted by atomic mass is 10.4. The zero-order chi connectivity index (χ0) is 5.98. The number of hydrogen-bond acceptors (Lipinski definition) is 2. The monoisotopic (exact) mass is 114 g/mol. The molecule has 1 fully saturated rings. The molecule has 1 saturated heterocycles. The van der Waals surface area contributed by atoms with E-state index in [0.29, 0.717) is 0 Å². The summed E-state index contributed by atoms with van der Waals surface area (Å²) >= 11 is 0. The van der Waals surface area contributed by atoms with Gasteiger partial charge in [-0.15, -0.1) is 0 Å². The highest BCUT2D eigenvalue weighted by atomic mass is 16.3. The van der Waals surface area contributed by atoms with E-state index in [1.807, 2.05) is 4.90 Å². The van der Waals surface area contributed by atoms with E-state index in [4.69, 9.17) is 5.11 Å². The van der Waals surface area contributed by atoms with Crippen LogP contribution in [-0.4, -0.2) is 29.3 Å². The number of aliphatic hydroxyl groups is 1. The third kappa shape index (κ3) is 1.20. The maximum Gasteiger partial charge on any atom is 0.107 e. The molecule has 1 aliphatic heterocycles. The number of rotatable bonds is 1. The summed E-state index contributed by atoms with van der Waals surface area (Å²) in [6, 6.07) is 0. The van der Waals surface area contributed by atoms with Crippen LogP contribution in [0.5, 0.6) is 0 Å². The molecule has 0 amide bonds. The Bertz CT molecular complexity index is 66.9. The van der Waals surface area contributed by atoms with Crippen molar-refractivity contribution in [2.45, 2.75) is 19.1 Å². The Morgan fingerprint density at radius 1 is 1.38 bits per heavy atom. The molecule has 1 rings (SSSR count). The molecule has 1 heterocycles. The van der Waals surface area contributed by atoms with Gasteiger partial charge < -0.3 is 5.11 Å². The summed E-state index contributed by atoms with van der Waals surface area (Å²) in [5.74, 6) is 0. The van der Waals surface area contributed by atoms with Crippen LogP contribution in [0.15, 0.2) is 0 Å². The molecule has 0 aromatic rings. The van der Waals surface area contributed by atoms with Crippen LogP contribution in [0, 0.1) is 6.92 Å². The van der Waals surface area contributed by atoms with E-state index >= 15 is 0 Å². The minimum atomic E-state index is -0.475. The van der Waals surface area contributed by atoms with E-state index in [2.05, 4.69) is 6.92 Å². The van der Waals surface area contributed by atoms with E-state index in [9.17, 15) is 0 Å². The highest BCUT2D eigenvalue weighted by molar-refractivity contribution is 4.69. The predicted octanol–water partition coefficient (Wildman–Crippen LogP) is 0.235. The molecule has 47 valence electrons. The van der Waals surface area contributed by atoms with Crippen molar-refractivity contribution in [3.63, 3.8) is 0 Å². The van der Waals surface area contributed by atoms with Crippen LogP contribution in [0.2, 0.25) is 0 Å². The molecule has 8 heavy (non-hydrogen) atoms. The van der Waals surface area contributed by atoms with Gasteiger partial charge in [0.1, 0.15) is 6.23 Å². The van der Waals surface area contributed by atoms with E-state index in [0.717, 1.165) is 13.1 Å². The van der Waals surface area contributed by atoms with E-state index < -0.39 is 6.23 Å². The Hall–Kier alpha value is -0.0800. The number of likely N-dealkylation sites (tertiary alicyclic amines) is 1. The second kappa shape index (κ2) is 2.46. The van der Waals surface area contributed by atoms with Crippen molar-refractivity contribution < 1.29 is 5.11 Å². The molecular formula is C6H12NO. The van der Waals surface area contributed by atoms with Crippen LogP contribution in [-0.2, 0) is 0 Å². The highest BCUT2D eigenvalue weighted by Gasteiger charge is 2.14. The second-order valence-electron chi connectivity index (χ2n) is 2.22. The van der Waals surface area contributed by atoms with Crippen LogP contribution in [0.1, 0.15) is 12.8 Å². The summed E-state index contributed by atoms with van der Waals surface area (Å²) in [4.78, 5) is 1.97. The van der Waals surface area contributed by atoms with Gasteiger partial charge in [0.2, 0.25) is 0 Å². The van der Waals surface area contributed by atoms with E-state index in [-0.39, 0.29) is 0 Å². The third-order valence-corrected chi connectivity index (χ3v) is 1.56. The molecule has 0 aromatic heterocycles. The minimum Gasteiger partial charge on any atom is -0.378 e. The first-order chi connectivity index (χ1) is 3.80. The summed E-state index contributed by atoms with van der Waals surface area (Å²) in [6.07, 6.45) is 1.96. The van der Waals surface area contributed by atoms with Gasteiger partial charge in [0.25, 0.3) is 0 Å². The average molecular weight is 114 g/mol. The van der Waals surface area contributed by atoms with Crippen molar-refractivity contribution in [1.82, 2.24) is 4.90 Å². The van der Waals surface area contributed by atoms with Crippen molar-refractivity contribution in [3.05, 3.63) is 6.92 Å². The third-order valence-electron chi connectivity index (χ3n) is 1.56. The molecule has 2 nitrogen and oxygen atoms in total. The fraction of sp³-hybridized carbons (Fsp3) is 0.833. The van der Waals surface area contributed by atoms with Crippen molar-refractivity contribution >= 4 is 0 Å². The van der Waals surface area contributed by atoms with Gasteiger partial charge in [0, 0.05) is 13.1 Å². The molecule has 1 radical (unpaired) electrons. The van der Waals surface area contributed by atoms with Gasteiger partial charge in [-0.2, -0.15) is 0 Å². The summed E-state index contributed by atoms with van der Waals surface area (Å²) in [7, 11) is 0. The SMILES string of the molecule is [CH2]C(O)N1CCCC1. The summed E-state index contributed by atoms with van der Waals surface area (Å²) in [6.45, 7) is 5.54. The minimum absolute atomic E-state index is 0.475. The molecule has 0 bridgehead atoms. The molecule has 2 heteroatoms. The van der Waals surface area contributed by atoms with Crippen molar-refractivity contribution in [2.24, 2.45) is 0 Å². The van der Waals surface area contributed by atoms with Crippen molar-refractivity contribution in [3.8, 4) is 0 Å². The maximum atomic E-state index is 8.87. The highest BCUT2D eigenvalue weighted by Crippen LogP contribution is 2.08. The second-order valence-corrected chi connectivity index (χ2v) is 2.22. The number of nitrogens with zero attached hydrogens (tertiary/aromatic N) is 1. The fourth-order valence-corrected chi connectivity index (χ4v) is 1.04. The zero-order valence-electron chi connectivity index (χ0n) is 5.01. The fourth-order valence-electron chi connectivity index (χ4n) is 1.04. The smallest absolute Gasteiger partial charge is 0.107 e. The van der Waals surface area contributed by atoms with Crippen LogP contribution in [0.3, 0.4) is 0 Å². The Balaban J connectivity index is 2.24. The first-order valence-corrected chi connectivity index (χ1v) is 3.06. The van der Waals surface area contributed by atoms with Crippen LogP contribution in [0.25, 0.3) is 0 Å². The molecule has 0 spiro atoms. The summed E-state index contributed by atoms with van der Waals surface area (Å²) < 4.78 is 0. The summed E-state index contributed by atoms with van der Waals surface area (Å²) in [5.41, 5.74) is 0. The van der Waals surface area contributed by atoms with Crippen LogP contribution < -0.4 is 0 Å². The van der Waals surface area contributed by atoms with Gasteiger partial charge in [-0.25, -0.2) is 0 Å². The standard InChI is InChI=1S/C6H12NO/c1-6(8)7-4-2-3-5-7/h6,8H,1-5H2. The molecule has 1 N–H and O–H groups in total. The van der Waals surface area contributed by atoms with E-state index in [1.165, 1.54) is 12.8 Å². The lowest BCUT2D eigenvalue weighted by Gasteiger charge is -2.16. The maximum absolute atomic E-state index is 8.87.